The summed E-state index contributed by atoms with van der Waals surface area (Å²) in [4.78, 5) is 31.2. The quantitative estimate of drug-likeness (QED) is 0.664. The van der Waals surface area contributed by atoms with Crippen molar-refractivity contribution in [3.8, 4) is 0 Å². The number of carbonyl (C=O) groups excluding carboxylic acids is 2. The van der Waals surface area contributed by atoms with Gasteiger partial charge in [0.1, 0.15) is 22.1 Å². The van der Waals surface area contributed by atoms with Gasteiger partial charge in [-0.05, 0) is 60.3 Å². The summed E-state index contributed by atoms with van der Waals surface area (Å²) in [5, 5.41) is 7.52. The molecule has 1 saturated carbocycles. The lowest BCUT2D eigenvalue weighted by Crippen LogP contribution is -2.45. The van der Waals surface area contributed by atoms with E-state index >= 15 is 0 Å². The maximum Gasteiger partial charge on any atom is 0.415 e. The molecule has 3 rings (SSSR count). The Labute approximate surface area is 193 Å². The van der Waals surface area contributed by atoms with E-state index in [1.54, 1.807) is 27.8 Å². The first-order valence-electron chi connectivity index (χ1n) is 10.9. The molecule has 1 aliphatic carbocycles. The third-order valence-electron chi connectivity index (χ3n) is 5.44. The average Bonchev–Trinajstić information content (AvgIpc) is 3.09. The number of nitrogens with zero attached hydrogens (tertiary/aromatic N) is 4. The predicted octanol–water partition coefficient (Wildman–Crippen LogP) is 4.22. The van der Waals surface area contributed by atoms with E-state index in [1.807, 2.05) is 6.92 Å². The largest absolute Gasteiger partial charge is 0.443 e. The lowest BCUT2D eigenvalue weighted by Gasteiger charge is -2.38. The van der Waals surface area contributed by atoms with Gasteiger partial charge in [0.05, 0.1) is 11.8 Å². The first kappa shape index (κ1) is 24.3. The van der Waals surface area contributed by atoms with Crippen molar-refractivity contribution in [3.05, 3.63) is 23.0 Å². The van der Waals surface area contributed by atoms with Gasteiger partial charge in [-0.3, -0.25) is 9.69 Å². The van der Waals surface area contributed by atoms with Crippen molar-refractivity contribution < 1.29 is 19.1 Å². The van der Waals surface area contributed by atoms with Crippen molar-refractivity contribution in [1.82, 2.24) is 19.9 Å². The van der Waals surface area contributed by atoms with Crippen LogP contribution in [0.4, 0.5) is 10.6 Å². The number of aromatic nitrogens is 3. The Hall–Kier alpha value is -2.39. The Morgan fingerprint density at radius 1 is 1.41 bits per heavy atom. The van der Waals surface area contributed by atoms with Gasteiger partial charge in [0.25, 0.3) is 5.91 Å². The van der Waals surface area contributed by atoms with E-state index in [0.717, 1.165) is 25.7 Å². The highest BCUT2D eigenvalue weighted by molar-refractivity contribution is 6.30. The van der Waals surface area contributed by atoms with Crippen molar-refractivity contribution in [1.29, 1.82) is 0 Å². The lowest BCUT2D eigenvalue weighted by molar-refractivity contribution is -0.0568. The zero-order valence-corrected chi connectivity index (χ0v) is 20.3. The van der Waals surface area contributed by atoms with E-state index in [0.29, 0.717) is 12.4 Å². The van der Waals surface area contributed by atoms with E-state index in [1.165, 1.54) is 21.7 Å². The minimum Gasteiger partial charge on any atom is -0.443 e. The van der Waals surface area contributed by atoms with Crippen LogP contribution >= 0.6 is 11.6 Å². The number of ether oxygens (including phenoxy) is 2. The molecule has 1 fully saturated rings. The highest BCUT2D eigenvalue weighted by Gasteiger charge is 2.34. The van der Waals surface area contributed by atoms with Gasteiger partial charge in [-0.2, -0.15) is 9.61 Å². The molecule has 1 aliphatic rings. The molecule has 9 nitrogen and oxygen atoms in total. The van der Waals surface area contributed by atoms with Crippen molar-refractivity contribution in [2.75, 3.05) is 18.6 Å². The second-order valence-corrected chi connectivity index (χ2v) is 9.81. The highest BCUT2D eigenvalue weighted by atomic mass is 35.5. The van der Waals surface area contributed by atoms with Crippen LogP contribution in [-0.4, -0.2) is 57.5 Å². The smallest absolute Gasteiger partial charge is 0.415 e. The van der Waals surface area contributed by atoms with Gasteiger partial charge in [0.15, 0.2) is 5.65 Å². The number of nitrogens with one attached hydrogen (secondary N) is 1. The zero-order chi connectivity index (χ0) is 23.7. The van der Waals surface area contributed by atoms with E-state index in [2.05, 4.69) is 22.3 Å². The molecule has 2 heterocycles. The third kappa shape index (κ3) is 5.50. The van der Waals surface area contributed by atoms with Crippen LogP contribution in [0.1, 0.15) is 70.7 Å². The number of carbonyl (C=O) groups is 2. The van der Waals surface area contributed by atoms with E-state index in [9.17, 15) is 9.59 Å². The highest BCUT2D eigenvalue weighted by Crippen LogP contribution is 2.32. The fraction of sp³-hybridized carbons (Fsp3) is 0.636. The Morgan fingerprint density at radius 3 is 2.78 bits per heavy atom. The van der Waals surface area contributed by atoms with Crippen LogP contribution in [0.25, 0.3) is 5.65 Å². The zero-order valence-electron chi connectivity index (χ0n) is 19.6. The molecule has 0 aromatic carbocycles. The van der Waals surface area contributed by atoms with Crippen LogP contribution in [0.2, 0.25) is 5.15 Å². The molecule has 0 spiro atoms. The first-order valence-corrected chi connectivity index (χ1v) is 11.3. The fourth-order valence-corrected chi connectivity index (χ4v) is 4.23. The molecule has 176 valence electrons. The van der Waals surface area contributed by atoms with Crippen LogP contribution in [0.15, 0.2) is 12.3 Å². The molecule has 1 unspecified atom stereocenters. The number of amides is 2. The molecule has 2 aromatic heterocycles. The molecule has 0 radical (unpaired) electrons. The van der Waals surface area contributed by atoms with E-state index < -0.39 is 11.7 Å². The topological polar surface area (TPSA) is 98.1 Å². The molecular formula is C22H32ClN5O4. The molecule has 2 aromatic rings. The third-order valence-corrected chi connectivity index (χ3v) is 5.64. The first-order chi connectivity index (χ1) is 14.9. The number of hydrogen-bond acceptors (Lipinski definition) is 6. The maximum atomic E-state index is 13.1. The molecule has 1 N–H and O–H groups in total. The molecule has 32 heavy (non-hydrogen) atoms. The Bertz CT molecular complexity index is 998. The molecular weight excluding hydrogens is 434 g/mol. The summed E-state index contributed by atoms with van der Waals surface area (Å²) in [7, 11) is 1.55. The van der Waals surface area contributed by atoms with Gasteiger partial charge >= 0.3 is 6.09 Å². The van der Waals surface area contributed by atoms with E-state index in [4.69, 9.17) is 21.1 Å². The van der Waals surface area contributed by atoms with Gasteiger partial charge in [-0.1, -0.05) is 11.6 Å². The second kappa shape index (κ2) is 9.23. The summed E-state index contributed by atoms with van der Waals surface area (Å²) in [5.41, 5.74) is -0.345. The Balaban J connectivity index is 1.84. The number of fused-ring (bicyclic) bond motifs is 1. The van der Waals surface area contributed by atoms with Crippen LogP contribution in [0.3, 0.4) is 0 Å². The maximum absolute atomic E-state index is 13.1. The van der Waals surface area contributed by atoms with E-state index in [-0.39, 0.29) is 33.9 Å². The SMILES string of the molecule is CCO[C@]1(C)CCCC(NC(=O)c2cnn3c(N(C)C(=O)OC(C)(C)C)cc(Cl)nc23)C1. The summed E-state index contributed by atoms with van der Waals surface area (Å²) in [6.07, 6.45) is 4.44. The number of hydrogen-bond donors (Lipinski definition) is 1. The minimum absolute atomic E-state index is 0.00848. The van der Waals surface area contributed by atoms with Crippen molar-refractivity contribution >= 4 is 35.1 Å². The van der Waals surface area contributed by atoms with Crippen LogP contribution in [0, 0.1) is 0 Å². The monoisotopic (exact) mass is 465 g/mol. The molecule has 0 bridgehead atoms. The van der Waals surface area contributed by atoms with Gasteiger partial charge in [0, 0.05) is 25.8 Å². The summed E-state index contributed by atoms with van der Waals surface area (Å²) in [6, 6.07) is 1.49. The summed E-state index contributed by atoms with van der Waals surface area (Å²) < 4.78 is 12.8. The second-order valence-electron chi connectivity index (χ2n) is 9.42. The number of rotatable bonds is 5. The molecule has 0 aliphatic heterocycles. The summed E-state index contributed by atoms with van der Waals surface area (Å²) in [6.45, 7) is 10.1. The van der Waals surface area contributed by atoms with Gasteiger partial charge in [-0.15, -0.1) is 0 Å². The molecule has 0 saturated heterocycles. The van der Waals surface area contributed by atoms with Crippen molar-refractivity contribution in [3.63, 3.8) is 0 Å². The van der Waals surface area contributed by atoms with Crippen molar-refractivity contribution in [2.45, 2.75) is 77.5 Å². The molecule has 2 atom stereocenters. The minimum atomic E-state index is -0.660. The summed E-state index contributed by atoms with van der Waals surface area (Å²) in [5.74, 6) is 0.0567. The Morgan fingerprint density at radius 2 is 2.12 bits per heavy atom. The van der Waals surface area contributed by atoms with Crippen LogP contribution in [0.5, 0.6) is 0 Å². The van der Waals surface area contributed by atoms with Crippen LogP contribution in [-0.2, 0) is 9.47 Å². The lowest BCUT2D eigenvalue weighted by atomic mass is 9.83. The number of halogens is 1. The fourth-order valence-electron chi connectivity index (χ4n) is 4.06. The standard InChI is InChI=1S/C22H32ClN5O4/c1-7-31-22(5)10-8-9-14(12-22)25-19(29)15-13-24-28-17(11-16(23)26-18(15)28)27(6)20(30)32-21(2,3)4/h11,13-14H,7-10,12H2,1-6H3,(H,25,29)/t14?,22-/m1/s1. The predicted molar refractivity (Wildman–Crippen MR) is 122 cm³/mol. The normalized spacial score (nSPS) is 21.4. The molecule has 10 heteroatoms. The number of anilines is 1. The van der Waals surface area contributed by atoms with Crippen LogP contribution < -0.4 is 10.2 Å². The van der Waals surface area contributed by atoms with Gasteiger partial charge in [0.2, 0.25) is 0 Å². The van der Waals surface area contributed by atoms with Crippen molar-refractivity contribution in [2.24, 2.45) is 0 Å². The summed E-state index contributed by atoms with van der Waals surface area (Å²) >= 11 is 6.22. The average molecular weight is 466 g/mol. The Kier molecular flexibility index (Phi) is 7.00. The van der Waals surface area contributed by atoms with Gasteiger partial charge < -0.3 is 14.8 Å². The van der Waals surface area contributed by atoms with Gasteiger partial charge in [-0.25, -0.2) is 9.78 Å². The molecule has 2 amide bonds.